The van der Waals surface area contributed by atoms with Crippen LogP contribution in [0, 0.1) is 5.82 Å². The molecule has 6 nitrogen and oxygen atoms in total. The molecule has 1 saturated heterocycles. The molecule has 2 atom stereocenters. The highest BCUT2D eigenvalue weighted by Crippen LogP contribution is 2.32. The number of carbonyl (C=O) groups excluding carboxylic acids is 3. The van der Waals surface area contributed by atoms with E-state index in [0.29, 0.717) is 24.2 Å². The molecule has 2 aliphatic rings. The number of nitrogens with zero attached hydrogens (tertiary/aromatic N) is 1. The highest BCUT2D eigenvalue weighted by atomic mass is 35.5. The summed E-state index contributed by atoms with van der Waals surface area (Å²) in [6.45, 7) is 0.318. The molecule has 9 heteroatoms. The molecule has 2 heterocycles. The van der Waals surface area contributed by atoms with Crippen LogP contribution in [0.2, 0.25) is 5.02 Å². The SMILES string of the molecule is CSc1ccc(-c2ccc3c(c2)C(=O)N2CCC(NC(=O)c4ccc(F)c(Cl)c4)CC2C(=O)N3)cc1. The Bertz CT molecular complexity index is 1360. The minimum Gasteiger partial charge on any atom is -0.349 e. The van der Waals surface area contributed by atoms with Crippen molar-refractivity contribution in [2.75, 3.05) is 18.1 Å². The van der Waals surface area contributed by atoms with Crippen molar-refractivity contribution in [3.05, 3.63) is 82.6 Å². The molecule has 0 bridgehead atoms. The van der Waals surface area contributed by atoms with Crippen LogP contribution >= 0.6 is 23.4 Å². The molecule has 3 aromatic carbocycles. The Kier molecular flexibility index (Phi) is 6.73. The number of halogens is 2. The summed E-state index contributed by atoms with van der Waals surface area (Å²) in [5, 5.41) is 5.65. The van der Waals surface area contributed by atoms with Crippen LogP contribution in [0.1, 0.15) is 33.6 Å². The number of carbonyl (C=O) groups is 3. The van der Waals surface area contributed by atoms with Crippen molar-refractivity contribution in [3.8, 4) is 11.1 Å². The minimum absolute atomic E-state index is 0.136. The fraction of sp³-hybridized carbons (Fsp3) is 0.222. The lowest BCUT2D eigenvalue weighted by Gasteiger charge is -2.37. The molecule has 36 heavy (non-hydrogen) atoms. The van der Waals surface area contributed by atoms with E-state index in [2.05, 4.69) is 10.6 Å². The van der Waals surface area contributed by atoms with Gasteiger partial charge in [0.2, 0.25) is 5.91 Å². The third kappa shape index (κ3) is 4.70. The Hall–Kier alpha value is -3.36. The van der Waals surface area contributed by atoms with Gasteiger partial charge in [0.25, 0.3) is 11.8 Å². The van der Waals surface area contributed by atoms with E-state index in [1.807, 2.05) is 42.7 Å². The molecule has 2 N–H and O–H groups in total. The topological polar surface area (TPSA) is 78.5 Å². The van der Waals surface area contributed by atoms with Gasteiger partial charge in [-0.25, -0.2) is 4.39 Å². The van der Waals surface area contributed by atoms with Gasteiger partial charge in [0.1, 0.15) is 11.9 Å². The van der Waals surface area contributed by atoms with Gasteiger partial charge in [0, 0.05) is 23.0 Å². The number of piperidine rings is 1. The smallest absolute Gasteiger partial charge is 0.256 e. The predicted octanol–water partition coefficient (Wildman–Crippen LogP) is 5.22. The van der Waals surface area contributed by atoms with E-state index in [0.717, 1.165) is 22.1 Å². The van der Waals surface area contributed by atoms with Crippen LogP contribution in [0.15, 0.2) is 65.6 Å². The summed E-state index contributed by atoms with van der Waals surface area (Å²) in [5.74, 6) is -1.51. The van der Waals surface area contributed by atoms with Crippen molar-refractivity contribution in [1.29, 1.82) is 0 Å². The predicted molar refractivity (Wildman–Crippen MR) is 139 cm³/mol. The monoisotopic (exact) mass is 523 g/mol. The van der Waals surface area contributed by atoms with Crippen molar-refractivity contribution >= 4 is 46.8 Å². The van der Waals surface area contributed by atoms with E-state index in [9.17, 15) is 18.8 Å². The first-order valence-electron chi connectivity index (χ1n) is 11.5. The number of fused-ring (bicyclic) bond motifs is 2. The summed E-state index contributed by atoms with van der Waals surface area (Å²) in [7, 11) is 0. The average molecular weight is 524 g/mol. The van der Waals surface area contributed by atoms with E-state index in [1.165, 1.54) is 12.1 Å². The van der Waals surface area contributed by atoms with E-state index in [4.69, 9.17) is 11.6 Å². The molecule has 3 aromatic rings. The van der Waals surface area contributed by atoms with Crippen molar-refractivity contribution < 1.29 is 18.8 Å². The maximum absolute atomic E-state index is 13.5. The second-order valence-corrected chi connectivity index (χ2v) is 10.1. The molecule has 1 fully saturated rings. The largest absolute Gasteiger partial charge is 0.349 e. The zero-order valence-corrected chi connectivity index (χ0v) is 21.0. The van der Waals surface area contributed by atoms with Crippen LogP contribution in [0.5, 0.6) is 0 Å². The van der Waals surface area contributed by atoms with E-state index in [1.54, 1.807) is 22.7 Å². The van der Waals surface area contributed by atoms with Gasteiger partial charge >= 0.3 is 0 Å². The van der Waals surface area contributed by atoms with Gasteiger partial charge < -0.3 is 15.5 Å². The van der Waals surface area contributed by atoms with Crippen molar-refractivity contribution in [1.82, 2.24) is 10.2 Å². The van der Waals surface area contributed by atoms with Crippen LogP contribution in [-0.2, 0) is 4.79 Å². The molecule has 0 radical (unpaired) electrons. The summed E-state index contributed by atoms with van der Waals surface area (Å²) in [6, 6.07) is 16.3. The summed E-state index contributed by atoms with van der Waals surface area (Å²) in [4.78, 5) is 42.0. The number of thioether (sulfide) groups is 1. The highest BCUT2D eigenvalue weighted by molar-refractivity contribution is 7.98. The number of nitrogens with one attached hydrogen (secondary N) is 2. The number of anilines is 1. The molecule has 3 amide bonds. The fourth-order valence-electron chi connectivity index (χ4n) is 4.66. The van der Waals surface area contributed by atoms with Gasteiger partial charge in [-0.15, -0.1) is 11.8 Å². The molecule has 2 unspecified atom stereocenters. The second-order valence-electron chi connectivity index (χ2n) is 8.82. The van der Waals surface area contributed by atoms with Crippen molar-refractivity contribution in [2.45, 2.75) is 29.8 Å². The van der Waals surface area contributed by atoms with Crippen molar-refractivity contribution in [2.24, 2.45) is 0 Å². The molecule has 5 rings (SSSR count). The highest BCUT2D eigenvalue weighted by Gasteiger charge is 2.40. The van der Waals surface area contributed by atoms with Gasteiger partial charge in [0.05, 0.1) is 16.3 Å². The van der Waals surface area contributed by atoms with Gasteiger partial charge in [0.15, 0.2) is 0 Å². The molecule has 0 aliphatic carbocycles. The molecule has 0 saturated carbocycles. The zero-order chi connectivity index (χ0) is 25.4. The fourth-order valence-corrected chi connectivity index (χ4v) is 5.25. The standard InChI is InChI=1S/C27H23ClFN3O3S/c1-36-19-6-2-15(3-7-19)16-5-9-23-20(12-16)27(35)32-11-10-18(14-24(32)26(34)31-23)30-25(33)17-4-8-22(29)21(28)13-17/h2-9,12-13,18,24H,10-11,14H2,1H3,(H,30,33)(H,31,34). The maximum Gasteiger partial charge on any atom is 0.256 e. The Morgan fingerprint density at radius 3 is 2.56 bits per heavy atom. The van der Waals surface area contributed by atoms with E-state index in [-0.39, 0.29) is 34.9 Å². The number of amides is 3. The number of benzene rings is 3. The van der Waals surface area contributed by atoms with Crippen molar-refractivity contribution in [3.63, 3.8) is 0 Å². The van der Waals surface area contributed by atoms with Crippen LogP contribution in [-0.4, -0.2) is 47.5 Å². The first-order valence-corrected chi connectivity index (χ1v) is 13.1. The Labute approximate surface area is 217 Å². The number of rotatable bonds is 4. The lowest BCUT2D eigenvalue weighted by atomic mass is 9.95. The first-order chi connectivity index (χ1) is 17.3. The summed E-state index contributed by atoms with van der Waals surface area (Å²) in [6.07, 6.45) is 2.78. The van der Waals surface area contributed by atoms with Gasteiger partial charge in [-0.1, -0.05) is 29.8 Å². The Balaban J connectivity index is 1.34. The normalized spacial score (nSPS) is 19.1. The zero-order valence-electron chi connectivity index (χ0n) is 19.4. The average Bonchev–Trinajstić information content (AvgIpc) is 2.99. The lowest BCUT2D eigenvalue weighted by Crippen LogP contribution is -2.55. The van der Waals surface area contributed by atoms with Gasteiger partial charge in [-0.3, -0.25) is 14.4 Å². The molecule has 184 valence electrons. The molecular weight excluding hydrogens is 501 g/mol. The third-order valence-electron chi connectivity index (χ3n) is 6.61. The van der Waals surface area contributed by atoms with E-state index < -0.39 is 17.8 Å². The van der Waals surface area contributed by atoms with Crippen LogP contribution in [0.3, 0.4) is 0 Å². The summed E-state index contributed by atoms with van der Waals surface area (Å²) >= 11 is 7.46. The molecule has 2 aliphatic heterocycles. The Morgan fingerprint density at radius 1 is 1.08 bits per heavy atom. The van der Waals surface area contributed by atoms with Crippen LogP contribution in [0.25, 0.3) is 11.1 Å². The van der Waals surface area contributed by atoms with Crippen LogP contribution < -0.4 is 10.6 Å². The van der Waals surface area contributed by atoms with E-state index >= 15 is 0 Å². The molecule has 0 spiro atoms. The number of hydrogen-bond acceptors (Lipinski definition) is 4. The molecular formula is C27H23ClFN3O3S. The third-order valence-corrected chi connectivity index (χ3v) is 7.65. The quantitative estimate of drug-likeness (QED) is 0.459. The second kappa shape index (κ2) is 9.95. The van der Waals surface area contributed by atoms with Gasteiger partial charge in [-0.05, 0) is 72.7 Å². The molecule has 0 aromatic heterocycles. The van der Waals surface area contributed by atoms with Crippen LogP contribution in [0.4, 0.5) is 10.1 Å². The number of hydrogen-bond donors (Lipinski definition) is 2. The summed E-state index contributed by atoms with van der Waals surface area (Å²) in [5.41, 5.74) is 3.03. The Morgan fingerprint density at radius 2 is 1.83 bits per heavy atom. The maximum atomic E-state index is 13.5. The minimum atomic E-state index is -0.718. The summed E-state index contributed by atoms with van der Waals surface area (Å²) < 4.78 is 13.4. The van der Waals surface area contributed by atoms with Gasteiger partial charge in [-0.2, -0.15) is 0 Å². The lowest BCUT2D eigenvalue weighted by molar-refractivity contribution is -0.121. The first kappa shape index (κ1) is 24.3.